The van der Waals surface area contributed by atoms with Crippen molar-refractivity contribution in [1.82, 2.24) is 9.62 Å². The number of piperidine rings is 1. The van der Waals surface area contributed by atoms with Crippen LogP contribution >= 0.6 is 0 Å². The molecule has 2 unspecified atom stereocenters. The number of hydrogen-bond acceptors (Lipinski definition) is 4. The number of sulfonamides is 1. The molecule has 1 N–H and O–H groups in total. The van der Waals surface area contributed by atoms with Crippen LogP contribution in [0, 0.1) is 0 Å². The van der Waals surface area contributed by atoms with Crippen LogP contribution in [0.15, 0.2) is 0 Å². The zero-order valence-corrected chi connectivity index (χ0v) is 10.7. The molecule has 92 valence electrons. The number of nitrogens with one attached hydrogen (secondary N) is 1. The molecule has 5 nitrogen and oxygen atoms in total. The fourth-order valence-electron chi connectivity index (χ4n) is 2.37. The minimum absolute atomic E-state index is 0.151. The molecule has 0 aromatic heterocycles. The summed E-state index contributed by atoms with van der Waals surface area (Å²) in [6, 6.07) is 0.118. The first-order chi connectivity index (χ1) is 7.28. The molecular weight excluding hydrogens is 228 g/mol. The van der Waals surface area contributed by atoms with E-state index in [4.69, 9.17) is 0 Å². The molecule has 6 heteroatoms. The summed E-state index contributed by atoms with van der Waals surface area (Å²) in [5, 5.41) is 3.25. The SMILES string of the molecule is CC1CC(N2C(=O)C(C)(C)S2(=O)=O)CCN1. The van der Waals surface area contributed by atoms with E-state index in [1.54, 1.807) is 0 Å². The van der Waals surface area contributed by atoms with Gasteiger partial charge in [-0.2, -0.15) is 0 Å². The predicted molar refractivity (Wildman–Crippen MR) is 60.3 cm³/mol. The second kappa shape index (κ2) is 3.43. The van der Waals surface area contributed by atoms with Gasteiger partial charge in [0, 0.05) is 6.04 Å². The molecule has 0 spiro atoms. The van der Waals surface area contributed by atoms with Gasteiger partial charge in [-0.3, -0.25) is 4.79 Å². The fraction of sp³-hybridized carbons (Fsp3) is 0.900. The molecule has 2 saturated heterocycles. The minimum atomic E-state index is -3.42. The van der Waals surface area contributed by atoms with Crippen molar-refractivity contribution in [3.05, 3.63) is 0 Å². The van der Waals surface area contributed by atoms with Crippen molar-refractivity contribution < 1.29 is 13.2 Å². The van der Waals surface area contributed by atoms with Gasteiger partial charge in [0.1, 0.15) is 0 Å². The van der Waals surface area contributed by atoms with E-state index >= 15 is 0 Å². The molecule has 0 saturated carbocycles. The fourth-order valence-corrected chi connectivity index (χ4v) is 4.08. The normalized spacial score (nSPS) is 36.9. The van der Waals surface area contributed by atoms with Gasteiger partial charge in [0.05, 0.1) is 6.04 Å². The molecule has 2 aliphatic heterocycles. The minimum Gasteiger partial charge on any atom is -0.314 e. The molecule has 2 rings (SSSR count). The topological polar surface area (TPSA) is 66.5 Å². The van der Waals surface area contributed by atoms with Crippen LogP contribution in [0.5, 0.6) is 0 Å². The van der Waals surface area contributed by atoms with Crippen molar-refractivity contribution in [2.24, 2.45) is 0 Å². The Kier molecular flexibility index (Phi) is 2.54. The second-order valence-electron chi connectivity index (χ2n) is 5.15. The van der Waals surface area contributed by atoms with Crippen molar-refractivity contribution in [1.29, 1.82) is 0 Å². The Morgan fingerprint density at radius 1 is 1.44 bits per heavy atom. The molecule has 2 fully saturated rings. The third kappa shape index (κ3) is 1.39. The maximum absolute atomic E-state index is 12.0. The summed E-state index contributed by atoms with van der Waals surface area (Å²) in [6.45, 7) is 5.73. The molecule has 2 atom stereocenters. The Hall–Kier alpha value is -0.620. The van der Waals surface area contributed by atoms with Crippen LogP contribution in [0.3, 0.4) is 0 Å². The standard InChI is InChI=1S/C10H18N2O3S/c1-7-6-8(4-5-11-7)12-9(13)10(2,3)16(12,14)15/h7-8,11H,4-6H2,1-3H3. The number of hydrogen-bond donors (Lipinski definition) is 1. The summed E-state index contributed by atoms with van der Waals surface area (Å²) in [5.41, 5.74) is 0. The lowest BCUT2D eigenvalue weighted by molar-refractivity contribution is -0.134. The second-order valence-corrected chi connectivity index (χ2v) is 7.51. The first-order valence-corrected chi connectivity index (χ1v) is 7.04. The Balaban J connectivity index is 2.21. The van der Waals surface area contributed by atoms with Gasteiger partial charge in [0.2, 0.25) is 0 Å². The quantitative estimate of drug-likeness (QED) is 0.711. The van der Waals surface area contributed by atoms with Crippen LogP contribution in [-0.4, -0.2) is 42.0 Å². The third-order valence-corrected chi connectivity index (χ3v) is 5.99. The molecule has 0 bridgehead atoms. The first-order valence-electron chi connectivity index (χ1n) is 5.60. The van der Waals surface area contributed by atoms with Crippen LogP contribution in [-0.2, 0) is 14.8 Å². The highest BCUT2D eigenvalue weighted by Crippen LogP contribution is 2.38. The average molecular weight is 246 g/mol. The van der Waals surface area contributed by atoms with Crippen LogP contribution in [0.4, 0.5) is 0 Å². The molecule has 2 aliphatic rings. The average Bonchev–Trinajstić information content (AvgIpc) is 2.17. The van der Waals surface area contributed by atoms with E-state index in [1.807, 2.05) is 6.92 Å². The molecule has 0 aromatic carbocycles. The number of carbonyl (C=O) groups is 1. The summed E-state index contributed by atoms with van der Waals surface area (Å²) >= 11 is 0. The van der Waals surface area contributed by atoms with Crippen LogP contribution < -0.4 is 5.32 Å². The lowest BCUT2D eigenvalue weighted by atomic mass is 9.99. The van der Waals surface area contributed by atoms with E-state index in [-0.39, 0.29) is 18.0 Å². The molecule has 2 heterocycles. The van der Waals surface area contributed by atoms with Crippen LogP contribution in [0.25, 0.3) is 0 Å². The van der Waals surface area contributed by atoms with Gasteiger partial charge < -0.3 is 5.32 Å². The van der Waals surface area contributed by atoms with Gasteiger partial charge in [0.25, 0.3) is 15.9 Å². The van der Waals surface area contributed by atoms with Crippen molar-refractivity contribution in [2.75, 3.05) is 6.54 Å². The Morgan fingerprint density at radius 2 is 2.06 bits per heavy atom. The Morgan fingerprint density at radius 3 is 2.56 bits per heavy atom. The summed E-state index contributed by atoms with van der Waals surface area (Å²) < 4.78 is 23.8. The van der Waals surface area contributed by atoms with Gasteiger partial charge in [0.15, 0.2) is 4.75 Å². The van der Waals surface area contributed by atoms with E-state index in [2.05, 4.69) is 5.32 Å². The van der Waals surface area contributed by atoms with Gasteiger partial charge >= 0.3 is 0 Å². The van der Waals surface area contributed by atoms with E-state index in [0.717, 1.165) is 10.8 Å². The maximum Gasteiger partial charge on any atom is 0.259 e. The third-order valence-electron chi connectivity index (χ3n) is 3.55. The van der Waals surface area contributed by atoms with E-state index in [0.29, 0.717) is 12.8 Å². The molecule has 16 heavy (non-hydrogen) atoms. The smallest absolute Gasteiger partial charge is 0.259 e. The molecule has 0 radical (unpaired) electrons. The predicted octanol–water partition coefficient (Wildman–Crippen LogP) is 0.0775. The van der Waals surface area contributed by atoms with E-state index in [1.165, 1.54) is 13.8 Å². The summed E-state index contributed by atoms with van der Waals surface area (Å²) in [5.74, 6) is -0.258. The highest BCUT2D eigenvalue weighted by molar-refractivity contribution is 7.94. The van der Waals surface area contributed by atoms with Crippen molar-refractivity contribution in [2.45, 2.75) is 50.4 Å². The molecule has 0 aliphatic carbocycles. The van der Waals surface area contributed by atoms with Gasteiger partial charge in [-0.1, -0.05) is 0 Å². The lowest BCUT2D eigenvalue weighted by Crippen LogP contribution is -2.71. The monoisotopic (exact) mass is 246 g/mol. The van der Waals surface area contributed by atoms with Crippen molar-refractivity contribution >= 4 is 15.9 Å². The highest BCUT2D eigenvalue weighted by atomic mass is 32.2. The number of nitrogens with zero attached hydrogens (tertiary/aromatic N) is 1. The van der Waals surface area contributed by atoms with Gasteiger partial charge in [-0.15, -0.1) is 0 Å². The summed E-state index contributed by atoms with van der Waals surface area (Å²) in [6.07, 6.45) is 1.42. The molecule has 0 aromatic rings. The number of carbonyl (C=O) groups excluding carboxylic acids is 1. The maximum atomic E-state index is 12.0. The number of rotatable bonds is 1. The van der Waals surface area contributed by atoms with Gasteiger partial charge in [-0.25, -0.2) is 12.7 Å². The van der Waals surface area contributed by atoms with Gasteiger partial charge in [-0.05, 0) is 40.2 Å². The Labute approximate surface area is 96.2 Å². The summed E-state index contributed by atoms with van der Waals surface area (Å²) in [7, 11) is -3.42. The van der Waals surface area contributed by atoms with E-state index in [9.17, 15) is 13.2 Å². The molecule has 1 amide bonds. The zero-order chi connectivity index (χ0) is 12.1. The largest absolute Gasteiger partial charge is 0.314 e. The van der Waals surface area contributed by atoms with Crippen LogP contribution in [0.2, 0.25) is 0 Å². The summed E-state index contributed by atoms with van der Waals surface area (Å²) in [4.78, 5) is 11.8. The number of amides is 1. The highest BCUT2D eigenvalue weighted by Gasteiger charge is 2.62. The van der Waals surface area contributed by atoms with E-state index < -0.39 is 14.8 Å². The molecular formula is C10H18N2O3S. The first kappa shape index (κ1) is 11.9. The van der Waals surface area contributed by atoms with Crippen molar-refractivity contribution in [3.8, 4) is 0 Å². The zero-order valence-electron chi connectivity index (χ0n) is 9.86. The Bertz CT molecular complexity index is 416. The van der Waals surface area contributed by atoms with Crippen LogP contribution in [0.1, 0.15) is 33.6 Å². The lowest BCUT2D eigenvalue weighted by Gasteiger charge is -2.48. The van der Waals surface area contributed by atoms with Crippen molar-refractivity contribution in [3.63, 3.8) is 0 Å².